The Bertz CT molecular complexity index is 495. The molecule has 3 unspecified atom stereocenters. The topological polar surface area (TPSA) is 56.5 Å². The fraction of sp³-hybridized carbons (Fsp3) is 0.600. The fourth-order valence-electron chi connectivity index (χ4n) is 3.35. The molecule has 1 aromatic rings. The summed E-state index contributed by atoms with van der Waals surface area (Å²) in [6, 6.07) is 4.52. The van der Waals surface area contributed by atoms with Crippen molar-refractivity contribution in [2.75, 3.05) is 13.2 Å². The van der Waals surface area contributed by atoms with Crippen LogP contribution in [0.3, 0.4) is 0 Å². The van der Waals surface area contributed by atoms with Crippen molar-refractivity contribution in [1.29, 1.82) is 0 Å². The minimum Gasteiger partial charge on any atom is -0.493 e. The molecule has 3 rings (SSSR count). The summed E-state index contributed by atoms with van der Waals surface area (Å²) in [4.78, 5) is 0. The quantitative estimate of drug-likeness (QED) is 0.651. The van der Waals surface area contributed by atoms with Crippen molar-refractivity contribution in [3.63, 3.8) is 0 Å². The zero-order chi connectivity index (χ0) is 14.1. The second-order valence-electron chi connectivity index (χ2n) is 5.66. The Morgan fingerprint density at radius 2 is 2.30 bits per heavy atom. The standard InChI is InChI=1S/C15H21BrN2O2/c1-9-13(3-5-19-9)14(18-17)8-11-7-12(16)6-10-2-4-20-15(10)11/h6-7,9,13-14,18H,2-5,8,17H2,1H3. The molecule has 2 aliphatic heterocycles. The number of ether oxygens (including phenoxy) is 2. The number of nitrogens with one attached hydrogen (secondary N) is 1. The van der Waals surface area contributed by atoms with Gasteiger partial charge in [0.25, 0.3) is 0 Å². The number of rotatable bonds is 4. The maximum absolute atomic E-state index is 5.80. The average molecular weight is 341 g/mol. The summed E-state index contributed by atoms with van der Waals surface area (Å²) in [6.07, 6.45) is 3.19. The van der Waals surface area contributed by atoms with E-state index in [0.29, 0.717) is 5.92 Å². The van der Waals surface area contributed by atoms with Gasteiger partial charge in [0.2, 0.25) is 0 Å². The van der Waals surface area contributed by atoms with E-state index in [1.165, 1.54) is 11.1 Å². The minimum atomic E-state index is 0.218. The zero-order valence-corrected chi connectivity index (χ0v) is 13.3. The van der Waals surface area contributed by atoms with Gasteiger partial charge < -0.3 is 9.47 Å². The van der Waals surface area contributed by atoms with E-state index in [1.54, 1.807) is 0 Å². The van der Waals surface area contributed by atoms with Gasteiger partial charge in [0.1, 0.15) is 5.75 Å². The van der Waals surface area contributed by atoms with Crippen LogP contribution in [-0.2, 0) is 17.6 Å². The second-order valence-corrected chi connectivity index (χ2v) is 6.57. The molecule has 0 radical (unpaired) electrons. The largest absolute Gasteiger partial charge is 0.493 e. The molecule has 20 heavy (non-hydrogen) atoms. The van der Waals surface area contributed by atoms with Crippen molar-refractivity contribution in [1.82, 2.24) is 5.43 Å². The van der Waals surface area contributed by atoms with E-state index in [1.807, 2.05) is 0 Å². The van der Waals surface area contributed by atoms with Crippen LogP contribution in [0.25, 0.3) is 0 Å². The SMILES string of the molecule is CC1OCCC1C(Cc1cc(Br)cc2c1OCC2)NN. The molecule has 2 aliphatic rings. The molecule has 0 aliphatic carbocycles. The number of hydrogen-bond acceptors (Lipinski definition) is 4. The van der Waals surface area contributed by atoms with Gasteiger partial charge in [-0.15, -0.1) is 0 Å². The highest BCUT2D eigenvalue weighted by atomic mass is 79.9. The predicted molar refractivity (Wildman–Crippen MR) is 81.7 cm³/mol. The summed E-state index contributed by atoms with van der Waals surface area (Å²) < 4.78 is 12.6. The van der Waals surface area contributed by atoms with Crippen LogP contribution in [0.5, 0.6) is 5.75 Å². The number of hydrazine groups is 1. The first-order valence-electron chi connectivity index (χ1n) is 7.21. The van der Waals surface area contributed by atoms with Gasteiger partial charge >= 0.3 is 0 Å². The Morgan fingerprint density at radius 3 is 3.00 bits per heavy atom. The van der Waals surface area contributed by atoms with Gasteiger partial charge in [-0.1, -0.05) is 15.9 Å². The molecule has 3 N–H and O–H groups in total. The Morgan fingerprint density at radius 1 is 1.45 bits per heavy atom. The third-order valence-corrected chi connectivity index (χ3v) is 4.89. The molecule has 0 aromatic heterocycles. The van der Waals surface area contributed by atoms with Crippen LogP contribution in [0, 0.1) is 5.92 Å². The Kier molecular flexibility index (Phi) is 4.31. The Labute approximate surface area is 128 Å². The lowest BCUT2D eigenvalue weighted by atomic mass is 9.88. The van der Waals surface area contributed by atoms with Crippen molar-refractivity contribution >= 4 is 15.9 Å². The monoisotopic (exact) mass is 340 g/mol. The van der Waals surface area contributed by atoms with E-state index < -0.39 is 0 Å². The highest BCUT2D eigenvalue weighted by Gasteiger charge is 2.32. The van der Waals surface area contributed by atoms with Crippen molar-refractivity contribution in [2.45, 2.75) is 38.3 Å². The van der Waals surface area contributed by atoms with Crippen molar-refractivity contribution in [2.24, 2.45) is 11.8 Å². The second kappa shape index (κ2) is 6.02. The Hall–Kier alpha value is -0.620. The van der Waals surface area contributed by atoms with Crippen LogP contribution in [0.2, 0.25) is 0 Å². The smallest absolute Gasteiger partial charge is 0.125 e. The molecule has 0 spiro atoms. The van der Waals surface area contributed by atoms with Gasteiger partial charge in [-0.3, -0.25) is 11.3 Å². The molecule has 0 saturated carbocycles. The minimum absolute atomic E-state index is 0.218. The number of fused-ring (bicyclic) bond motifs is 1. The van der Waals surface area contributed by atoms with Gasteiger partial charge in [0.05, 0.1) is 12.7 Å². The summed E-state index contributed by atoms with van der Waals surface area (Å²) in [7, 11) is 0. The van der Waals surface area contributed by atoms with Crippen LogP contribution < -0.4 is 16.0 Å². The molecule has 2 heterocycles. The molecule has 4 nitrogen and oxygen atoms in total. The predicted octanol–water partition coefficient (Wildman–Crippen LogP) is 2.18. The number of hydrogen-bond donors (Lipinski definition) is 2. The summed E-state index contributed by atoms with van der Waals surface area (Å²) in [5.74, 6) is 7.30. The van der Waals surface area contributed by atoms with Gasteiger partial charge in [-0.25, -0.2) is 0 Å². The van der Waals surface area contributed by atoms with E-state index in [9.17, 15) is 0 Å². The molecular weight excluding hydrogens is 320 g/mol. The molecule has 3 atom stereocenters. The normalized spacial score (nSPS) is 26.4. The van der Waals surface area contributed by atoms with Gasteiger partial charge in [0.15, 0.2) is 0 Å². The maximum atomic E-state index is 5.80. The fourth-order valence-corrected chi connectivity index (χ4v) is 3.90. The van der Waals surface area contributed by atoms with Crippen LogP contribution in [0.1, 0.15) is 24.5 Å². The van der Waals surface area contributed by atoms with Gasteiger partial charge in [-0.2, -0.15) is 0 Å². The molecular formula is C15H21BrN2O2. The maximum Gasteiger partial charge on any atom is 0.125 e. The first kappa shape index (κ1) is 14.3. The van der Waals surface area contributed by atoms with Crippen LogP contribution in [-0.4, -0.2) is 25.4 Å². The van der Waals surface area contributed by atoms with Crippen LogP contribution in [0.4, 0.5) is 0 Å². The lowest BCUT2D eigenvalue weighted by molar-refractivity contribution is 0.0953. The summed E-state index contributed by atoms with van der Waals surface area (Å²) >= 11 is 3.59. The Balaban J connectivity index is 1.82. The number of halogens is 1. The van der Waals surface area contributed by atoms with Crippen molar-refractivity contribution < 1.29 is 9.47 Å². The van der Waals surface area contributed by atoms with E-state index >= 15 is 0 Å². The highest BCUT2D eigenvalue weighted by molar-refractivity contribution is 9.10. The average Bonchev–Trinajstić information content (AvgIpc) is 3.04. The molecule has 0 bridgehead atoms. The van der Waals surface area contributed by atoms with Crippen molar-refractivity contribution in [3.05, 3.63) is 27.7 Å². The third kappa shape index (κ3) is 2.72. The molecule has 110 valence electrons. The highest BCUT2D eigenvalue weighted by Crippen LogP contribution is 2.35. The van der Waals surface area contributed by atoms with Gasteiger partial charge in [0, 0.05) is 29.5 Å². The third-order valence-electron chi connectivity index (χ3n) is 4.43. The molecule has 0 amide bonds. The van der Waals surface area contributed by atoms with E-state index in [0.717, 1.165) is 42.7 Å². The molecule has 1 saturated heterocycles. The molecule has 1 fully saturated rings. The van der Waals surface area contributed by atoms with E-state index in [-0.39, 0.29) is 12.1 Å². The lowest BCUT2D eigenvalue weighted by Gasteiger charge is -2.26. The summed E-state index contributed by atoms with van der Waals surface area (Å²) in [5, 5.41) is 0. The van der Waals surface area contributed by atoms with E-state index in [4.69, 9.17) is 15.3 Å². The summed E-state index contributed by atoms with van der Waals surface area (Å²) in [6.45, 7) is 3.74. The van der Waals surface area contributed by atoms with Crippen LogP contribution in [0.15, 0.2) is 16.6 Å². The number of nitrogens with two attached hydrogens (primary N) is 1. The molecule has 1 aromatic carbocycles. The summed E-state index contributed by atoms with van der Waals surface area (Å²) in [5.41, 5.74) is 5.51. The van der Waals surface area contributed by atoms with Gasteiger partial charge in [-0.05, 0) is 43.0 Å². The van der Waals surface area contributed by atoms with Crippen LogP contribution >= 0.6 is 15.9 Å². The lowest BCUT2D eigenvalue weighted by Crippen LogP contribution is -2.44. The first-order valence-corrected chi connectivity index (χ1v) is 8.00. The number of benzene rings is 1. The first-order chi connectivity index (χ1) is 9.69. The van der Waals surface area contributed by atoms with Crippen molar-refractivity contribution in [3.8, 4) is 5.75 Å². The zero-order valence-electron chi connectivity index (χ0n) is 11.7. The van der Waals surface area contributed by atoms with E-state index in [2.05, 4.69) is 40.4 Å². The molecule has 5 heteroatoms.